The Morgan fingerprint density at radius 2 is 2.07 bits per heavy atom. The van der Waals surface area contributed by atoms with Gasteiger partial charge in [0.05, 0.1) is 11.3 Å². The van der Waals surface area contributed by atoms with Crippen LogP contribution in [0.4, 0.5) is 10.2 Å². The number of anilines is 1. The number of aromatic nitrogens is 3. The third kappa shape index (κ3) is 4.47. The molecule has 0 saturated heterocycles. The molecule has 0 radical (unpaired) electrons. The summed E-state index contributed by atoms with van der Waals surface area (Å²) < 4.78 is 14.8. The molecule has 150 valence electrons. The fourth-order valence-electron chi connectivity index (χ4n) is 2.93. The van der Waals surface area contributed by atoms with Crippen LogP contribution in [0.1, 0.15) is 22.4 Å². The predicted octanol–water partition coefficient (Wildman–Crippen LogP) is 3.47. The zero-order valence-corrected chi connectivity index (χ0v) is 16.6. The van der Waals surface area contributed by atoms with Crippen LogP contribution in [0, 0.1) is 24.1 Å². The number of halogens is 1. The zero-order chi connectivity index (χ0) is 21.5. The zero-order valence-electron chi connectivity index (χ0n) is 16.6. The van der Waals surface area contributed by atoms with E-state index in [1.807, 2.05) is 13.0 Å². The maximum absolute atomic E-state index is 14.8. The van der Waals surface area contributed by atoms with E-state index in [9.17, 15) is 9.65 Å². The van der Waals surface area contributed by atoms with Crippen molar-refractivity contribution in [2.24, 2.45) is 10.7 Å². The van der Waals surface area contributed by atoms with Crippen molar-refractivity contribution in [1.82, 2.24) is 15.0 Å². The fourth-order valence-corrected chi connectivity index (χ4v) is 2.93. The molecule has 3 heterocycles. The van der Waals surface area contributed by atoms with Crippen molar-refractivity contribution in [2.45, 2.75) is 13.5 Å². The van der Waals surface area contributed by atoms with Gasteiger partial charge in [-0.2, -0.15) is 5.26 Å². The minimum absolute atomic E-state index is 0.0729. The Hall–Kier alpha value is -4.12. The van der Waals surface area contributed by atoms with Crippen LogP contribution < -0.4 is 11.1 Å². The van der Waals surface area contributed by atoms with E-state index in [0.717, 1.165) is 16.8 Å². The molecule has 0 atom stereocenters. The Bertz CT molecular complexity index is 1160. The summed E-state index contributed by atoms with van der Waals surface area (Å²) in [6.45, 7) is 2.12. The topological polar surface area (TPSA) is 113 Å². The lowest BCUT2D eigenvalue weighted by Crippen LogP contribution is -2.07. The van der Waals surface area contributed by atoms with Crippen LogP contribution in [0.25, 0.3) is 16.8 Å². The van der Waals surface area contributed by atoms with E-state index in [1.54, 1.807) is 31.6 Å². The molecule has 0 aromatic carbocycles. The molecule has 8 heteroatoms. The molecule has 0 saturated carbocycles. The molecule has 0 aliphatic rings. The van der Waals surface area contributed by atoms with Crippen LogP contribution in [-0.4, -0.2) is 28.2 Å². The third-order valence-corrected chi connectivity index (χ3v) is 4.34. The molecular formula is C22H20FN7. The summed E-state index contributed by atoms with van der Waals surface area (Å²) in [5, 5.41) is 12.5. The maximum Gasteiger partial charge on any atom is 0.173 e. The molecule has 3 rings (SSSR count). The largest absolute Gasteiger partial charge is 0.404 e. The number of nitrogens with one attached hydrogen (secondary N) is 1. The van der Waals surface area contributed by atoms with E-state index in [-0.39, 0.29) is 12.4 Å². The highest BCUT2D eigenvalue weighted by Crippen LogP contribution is 2.24. The van der Waals surface area contributed by atoms with Crippen molar-refractivity contribution in [3.05, 3.63) is 77.3 Å². The highest BCUT2D eigenvalue weighted by Gasteiger charge is 2.13. The Morgan fingerprint density at radius 1 is 1.27 bits per heavy atom. The van der Waals surface area contributed by atoms with Crippen LogP contribution in [0.3, 0.4) is 0 Å². The standard InChI is InChI=1S/C22H20FN7/c1-14-7-16(3-5-27-14)21-17(9-24)8-15(11-29-21)12-30-22-20(23)19(4-6-28-22)18(10-25)13-26-2/h3-8,10-11,13H,12,25H2,1-2H3,(H,28,30). The molecule has 0 unspecified atom stereocenters. The minimum Gasteiger partial charge on any atom is -0.404 e. The molecule has 3 aromatic rings. The first-order valence-electron chi connectivity index (χ1n) is 9.12. The average Bonchev–Trinajstić information content (AvgIpc) is 2.77. The predicted molar refractivity (Wildman–Crippen MR) is 115 cm³/mol. The van der Waals surface area contributed by atoms with Crippen molar-refractivity contribution >= 4 is 17.6 Å². The van der Waals surface area contributed by atoms with Crippen molar-refractivity contribution in [3.8, 4) is 17.3 Å². The quantitative estimate of drug-likeness (QED) is 0.612. The van der Waals surface area contributed by atoms with Crippen LogP contribution in [0.2, 0.25) is 0 Å². The third-order valence-electron chi connectivity index (χ3n) is 4.34. The van der Waals surface area contributed by atoms with E-state index < -0.39 is 5.82 Å². The Kier molecular flexibility index (Phi) is 6.45. The molecule has 30 heavy (non-hydrogen) atoms. The van der Waals surface area contributed by atoms with Gasteiger partial charge in [0.15, 0.2) is 11.6 Å². The Balaban J connectivity index is 1.84. The van der Waals surface area contributed by atoms with Crippen molar-refractivity contribution in [3.63, 3.8) is 0 Å². The number of hydrogen-bond donors (Lipinski definition) is 2. The van der Waals surface area contributed by atoms with Gasteiger partial charge in [0.25, 0.3) is 0 Å². The number of nitrogens with two attached hydrogens (primary N) is 1. The first-order valence-corrected chi connectivity index (χ1v) is 9.12. The molecular weight excluding hydrogens is 381 g/mol. The summed E-state index contributed by atoms with van der Waals surface area (Å²) in [5.41, 5.74) is 9.69. The molecule has 7 nitrogen and oxygen atoms in total. The first kappa shape index (κ1) is 20.6. The second kappa shape index (κ2) is 9.39. The summed E-state index contributed by atoms with van der Waals surface area (Å²) in [6.07, 6.45) is 7.58. The number of allylic oxidation sites excluding steroid dienone is 1. The second-order valence-corrected chi connectivity index (χ2v) is 6.42. The summed E-state index contributed by atoms with van der Waals surface area (Å²) in [7, 11) is 1.58. The van der Waals surface area contributed by atoms with Crippen LogP contribution in [-0.2, 0) is 6.54 Å². The van der Waals surface area contributed by atoms with Gasteiger partial charge in [-0.25, -0.2) is 9.37 Å². The molecule has 0 fully saturated rings. The number of pyridine rings is 3. The van der Waals surface area contributed by atoms with Crippen LogP contribution in [0.5, 0.6) is 0 Å². The number of rotatable bonds is 6. The number of nitrogens with zero attached hydrogens (tertiary/aromatic N) is 5. The fraction of sp³-hybridized carbons (Fsp3) is 0.136. The number of aliphatic imine (C=N–C) groups is 1. The van der Waals surface area contributed by atoms with E-state index in [4.69, 9.17) is 5.73 Å². The van der Waals surface area contributed by atoms with Gasteiger partial charge in [-0.1, -0.05) is 0 Å². The lowest BCUT2D eigenvalue weighted by molar-refractivity contribution is 0.621. The molecule has 3 N–H and O–H groups in total. The number of nitriles is 1. The Labute approximate surface area is 173 Å². The van der Waals surface area contributed by atoms with Crippen molar-refractivity contribution < 1.29 is 4.39 Å². The molecule has 0 aliphatic heterocycles. The van der Waals surface area contributed by atoms with Gasteiger partial charge < -0.3 is 11.1 Å². The molecule has 0 bridgehead atoms. The number of aryl methyl sites for hydroxylation is 1. The van der Waals surface area contributed by atoms with Gasteiger partial charge >= 0.3 is 0 Å². The van der Waals surface area contributed by atoms with Gasteiger partial charge in [-0.15, -0.1) is 0 Å². The summed E-state index contributed by atoms with van der Waals surface area (Å²) >= 11 is 0. The van der Waals surface area contributed by atoms with Crippen molar-refractivity contribution in [2.75, 3.05) is 12.4 Å². The molecule has 0 spiro atoms. The van der Waals surface area contributed by atoms with E-state index in [2.05, 4.69) is 31.3 Å². The highest BCUT2D eigenvalue weighted by atomic mass is 19.1. The number of hydrogen-bond acceptors (Lipinski definition) is 7. The Morgan fingerprint density at radius 3 is 2.77 bits per heavy atom. The van der Waals surface area contributed by atoms with Gasteiger partial charge in [0.2, 0.25) is 0 Å². The van der Waals surface area contributed by atoms with Gasteiger partial charge in [0, 0.05) is 67.0 Å². The first-order chi connectivity index (χ1) is 14.6. The van der Waals surface area contributed by atoms with E-state index >= 15 is 0 Å². The highest BCUT2D eigenvalue weighted by molar-refractivity contribution is 6.09. The van der Waals surface area contributed by atoms with Gasteiger partial charge in [-0.05, 0) is 36.8 Å². The normalized spacial score (nSPS) is 11.5. The summed E-state index contributed by atoms with van der Waals surface area (Å²) in [6, 6.07) is 9.10. The maximum atomic E-state index is 14.8. The monoisotopic (exact) mass is 401 g/mol. The minimum atomic E-state index is -0.536. The lowest BCUT2D eigenvalue weighted by Gasteiger charge is -2.11. The summed E-state index contributed by atoms with van der Waals surface area (Å²) in [5.74, 6) is -0.463. The average molecular weight is 401 g/mol. The van der Waals surface area contributed by atoms with Gasteiger partial charge in [-0.3, -0.25) is 15.0 Å². The van der Waals surface area contributed by atoms with Crippen LogP contribution >= 0.6 is 0 Å². The van der Waals surface area contributed by atoms with Crippen molar-refractivity contribution in [1.29, 1.82) is 5.26 Å². The van der Waals surface area contributed by atoms with Crippen LogP contribution in [0.15, 0.2) is 54.0 Å². The molecule has 0 aliphatic carbocycles. The molecule has 3 aromatic heterocycles. The molecule has 0 amide bonds. The van der Waals surface area contributed by atoms with Gasteiger partial charge in [0.1, 0.15) is 6.07 Å². The summed E-state index contributed by atoms with van der Waals surface area (Å²) in [4.78, 5) is 16.5. The van der Waals surface area contributed by atoms with E-state index in [0.29, 0.717) is 22.4 Å². The lowest BCUT2D eigenvalue weighted by atomic mass is 10.1. The second-order valence-electron chi connectivity index (χ2n) is 6.42. The SMILES string of the molecule is CN=CC(=CN)c1ccnc(NCc2cnc(-c3ccnc(C)c3)c(C#N)c2)c1F. The van der Waals surface area contributed by atoms with E-state index in [1.165, 1.54) is 24.7 Å². The smallest absolute Gasteiger partial charge is 0.173 e.